The van der Waals surface area contributed by atoms with Crippen LogP contribution in [0, 0.1) is 0 Å². The molecule has 35 heavy (non-hydrogen) atoms. The molecular weight excluding hydrogens is 452 g/mol. The van der Waals surface area contributed by atoms with Gasteiger partial charge in [0.25, 0.3) is 0 Å². The van der Waals surface area contributed by atoms with Gasteiger partial charge in [0.05, 0.1) is 5.03 Å². The maximum atomic E-state index is 12.9. The largest absolute Gasteiger partial charge is 0.349 e. The molecule has 2 heterocycles. The van der Waals surface area contributed by atoms with Crippen molar-refractivity contribution in [3.05, 3.63) is 65.2 Å². The van der Waals surface area contributed by atoms with Crippen LogP contribution in [0.5, 0.6) is 0 Å². The first-order chi connectivity index (χ1) is 17.1. The van der Waals surface area contributed by atoms with Gasteiger partial charge in [-0.25, -0.2) is 4.79 Å². The van der Waals surface area contributed by atoms with Crippen LogP contribution >= 0.6 is 11.8 Å². The molecule has 6 heteroatoms. The number of H-pyrrole nitrogens is 1. The summed E-state index contributed by atoms with van der Waals surface area (Å²) in [5, 5.41) is 6.12. The van der Waals surface area contributed by atoms with Gasteiger partial charge in [0.2, 0.25) is 0 Å². The molecular formula is C29H38N4OS. The minimum Gasteiger partial charge on any atom is -0.349 e. The Hall–Kier alpha value is -2.44. The van der Waals surface area contributed by atoms with Crippen molar-refractivity contribution in [2.24, 2.45) is 0 Å². The number of hydrogen-bond acceptors (Lipinski definition) is 3. The fraction of sp³-hybridized carbons (Fsp3) is 0.483. The van der Waals surface area contributed by atoms with Crippen molar-refractivity contribution in [3.63, 3.8) is 0 Å². The number of benzene rings is 2. The quantitative estimate of drug-likeness (QED) is 0.381. The van der Waals surface area contributed by atoms with E-state index in [1.54, 1.807) is 0 Å². The number of carbonyl (C=O) groups is 1. The molecule has 1 saturated heterocycles. The zero-order valence-corrected chi connectivity index (χ0v) is 22.0. The number of nitrogens with zero attached hydrogens (tertiary/aromatic N) is 2. The summed E-state index contributed by atoms with van der Waals surface area (Å²) in [6.07, 6.45) is 3.21. The van der Waals surface area contributed by atoms with Gasteiger partial charge in [-0.05, 0) is 62.4 Å². The smallest absolute Gasteiger partial charge is 0.317 e. The summed E-state index contributed by atoms with van der Waals surface area (Å²) in [6, 6.07) is 18.2. The zero-order chi connectivity index (χ0) is 24.4. The first kappa shape index (κ1) is 24.3. The average molecular weight is 491 g/mol. The van der Waals surface area contributed by atoms with E-state index in [2.05, 4.69) is 70.7 Å². The minimum absolute atomic E-state index is 0.0749. The molecule has 1 aliphatic carbocycles. The van der Waals surface area contributed by atoms with Gasteiger partial charge >= 0.3 is 6.03 Å². The maximum absolute atomic E-state index is 12.9. The lowest BCUT2D eigenvalue weighted by atomic mass is 9.73. The Morgan fingerprint density at radius 2 is 1.91 bits per heavy atom. The van der Waals surface area contributed by atoms with Crippen LogP contribution < -0.4 is 5.32 Å². The Morgan fingerprint density at radius 3 is 2.66 bits per heavy atom. The number of nitrogens with one attached hydrogen (secondary N) is 2. The van der Waals surface area contributed by atoms with Gasteiger partial charge < -0.3 is 15.2 Å². The summed E-state index contributed by atoms with van der Waals surface area (Å²) >= 11 is 1.93. The molecule has 5 nitrogen and oxygen atoms in total. The molecule has 0 radical (unpaired) electrons. The van der Waals surface area contributed by atoms with E-state index in [1.165, 1.54) is 32.6 Å². The van der Waals surface area contributed by atoms with E-state index in [1.807, 2.05) is 30.5 Å². The topological polar surface area (TPSA) is 51.4 Å². The molecule has 2 aromatic carbocycles. The molecule has 2 amide bonds. The van der Waals surface area contributed by atoms with Crippen LogP contribution in [0.25, 0.3) is 10.9 Å². The predicted octanol–water partition coefficient (Wildman–Crippen LogP) is 6.00. The number of fused-ring (bicyclic) bond motifs is 2. The molecule has 0 spiro atoms. The number of hydrogen-bond donors (Lipinski definition) is 2. The molecule has 1 aliphatic heterocycles. The minimum atomic E-state index is 0.0749. The SMILES string of the molecule is CCCN1C[C@@H](NC(=O)N(CC)CC)C[C@@H]2c3cccc4[nH]c(SCc5ccccc5)c(c34)C[C@H]21. The molecule has 1 fully saturated rings. The van der Waals surface area contributed by atoms with Crippen molar-refractivity contribution >= 4 is 28.7 Å². The van der Waals surface area contributed by atoms with Crippen LogP contribution in [0.1, 0.15) is 56.2 Å². The molecule has 2 aliphatic rings. The van der Waals surface area contributed by atoms with Crippen LogP contribution in [0.3, 0.4) is 0 Å². The second-order valence-corrected chi connectivity index (χ2v) is 10.9. The lowest BCUT2D eigenvalue weighted by Gasteiger charge is -2.47. The van der Waals surface area contributed by atoms with Crippen LogP contribution in [0.2, 0.25) is 0 Å². The molecule has 0 saturated carbocycles. The van der Waals surface area contributed by atoms with Crippen molar-refractivity contribution in [1.82, 2.24) is 20.1 Å². The maximum Gasteiger partial charge on any atom is 0.317 e. The first-order valence-electron chi connectivity index (χ1n) is 13.2. The number of carbonyl (C=O) groups excluding carboxylic acids is 1. The number of rotatable bonds is 8. The number of amides is 2. The van der Waals surface area contributed by atoms with E-state index in [0.29, 0.717) is 12.0 Å². The predicted molar refractivity (Wildman–Crippen MR) is 146 cm³/mol. The monoisotopic (exact) mass is 490 g/mol. The highest BCUT2D eigenvalue weighted by Gasteiger charge is 2.42. The van der Waals surface area contributed by atoms with Gasteiger partial charge in [0.1, 0.15) is 0 Å². The van der Waals surface area contributed by atoms with Gasteiger partial charge in [-0.2, -0.15) is 0 Å². The summed E-state index contributed by atoms with van der Waals surface area (Å²) in [5.41, 5.74) is 5.56. The lowest BCUT2D eigenvalue weighted by Crippen LogP contribution is -2.57. The Kier molecular flexibility index (Phi) is 7.40. The highest BCUT2D eigenvalue weighted by atomic mass is 32.2. The number of piperidine rings is 1. The third-order valence-corrected chi connectivity index (χ3v) is 8.89. The molecule has 3 atom stereocenters. The molecule has 0 bridgehead atoms. The standard InChI is InChI=1S/C29H38N4OS/c1-4-15-33-18-21(30-29(34)32(5-2)6-3)16-23-22-13-10-14-25-27(22)24(17-26(23)33)28(31-25)35-19-20-11-8-7-9-12-20/h7-14,21,23,26,31H,4-6,15-19H2,1-3H3,(H,30,34)/t21-,23+,26+/m0/s1. The third-order valence-electron chi connectivity index (χ3n) is 7.78. The van der Waals surface area contributed by atoms with Crippen molar-refractivity contribution in [2.75, 3.05) is 26.2 Å². The van der Waals surface area contributed by atoms with Crippen molar-refractivity contribution < 1.29 is 4.79 Å². The van der Waals surface area contributed by atoms with E-state index in [-0.39, 0.29) is 12.1 Å². The van der Waals surface area contributed by atoms with Gasteiger partial charge in [0.15, 0.2) is 0 Å². The summed E-state index contributed by atoms with van der Waals surface area (Å²) in [6.45, 7) is 9.85. The van der Waals surface area contributed by atoms with Crippen molar-refractivity contribution in [2.45, 2.75) is 68.8 Å². The fourth-order valence-corrected chi connectivity index (χ4v) is 7.18. The van der Waals surface area contributed by atoms with Crippen LogP contribution in [-0.2, 0) is 12.2 Å². The van der Waals surface area contributed by atoms with E-state index in [0.717, 1.165) is 51.2 Å². The molecule has 5 rings (SSSR count). The van der Waals surface area contributed by atoms with E-state index >= 15 is 0 Å². The molecule has 2 N–H and O–H groups in total. The summed E-state index contributed by atoms with van der Waals surface area (Å²) in [4.78, 5) is 21.2. The molecule has 186 valence electrons. The van der Waals surface area contributed by atoms with Crippen molar-refractivity contribution in [1.29, 1.82) is 0 Å². The molecule has 0 unspecified atom stereocenters. The highest BCUT2D eigenvalue weighted by molar-refractivity contribution is 7.98. The summed E-state index contributed by atoms with van der Waals surface area (Å²) in [5.74, 6) is 1.42. The second-order valence-electron chi connectivity index (χ2n) is 9.90. The average Bonchev–Trinajstić information content (AvgIpc) is 3.23. The Morgan fingerprint density at radius 1 is 1.11 bits per heavy atom. The van der Waals surface area contributed by atoms with E-state index in [9.17, 15) is 4.79 Å². The van der Waals surface area contributed by atoms with Gasteiger partial charge in [-0.3, -0.25) is 4.90 Å². The number of likely N-dealkylation sites (tertiary alicyclic amines) is 1. The van der Waals surface area contributed by atoms with Crippen molar-refractivity contribution in [3.8, 4) is 0 Å². The van der Waals surface area contributed by atoms with Gasteiger partial charge in [-0.1, -0.05) is 49.4 Å². The normalized spacial score (nSPS) is 21.6. The van der Waals surface area contributed by atoms with Crippen LogP contribution in [0.15, 0.2) is 53.6 Å². The number of thioether (sulfide) groups is 1. The highest BCUT2D eigenvalue weighted by Crippen LogP contribution is 2.46. The second kappa shape index (κ2) is 10.7. The van der Waals surface area contributed by atoms with Gasteiger partial charge in [0, 0.05) is 54.3 Å². The lowest BCUT2D eigenvalue weighted by molar-refractivity contribution is 0.0976. The van der Waals surface area contributed by atoms with Crippen LogP contribution in [-0.4, -0.2) is 59.1 Å². The summed E-state index contributed by atoms with van der Waals surface area (Å²) in [7, 11) is 0. The number of aromatic amines is 1. The number of aromatic nitrogens is 1. The third kappa shape index (κ3) is 4.83. The Labute approximate surface area is 213 Å². The fourth-order valence-electron chi connectivity index (χ4n) is 6.13. The molecule has 1 aromatic heterocycles. The Balaban J connectivity index is 1.44. The summed E-state index contributed by atoms with van der Waals surface area (Å²) < 4.78 is 0. The van der Waals surface area contributed by atoms with Gasteiger partial charge in [-0.15, -0.1) is 11.8 Å². The first-order valence-corrected chi connectivity index (χ1v) is 14.2. The Bertz CT molecular complexity index is 1160. The number of urea groups is 1. The van der Waals surface area contributed by atoms with Crippen LogP contribution in [0.4, 0.5) is 4.79 Å². The van der Waals surface area contributed by atoms with E-state index < -0.39 is 0 Å². The van der Waals surface area contributed by atoms with E-state index in [4.69, 9.17) is 0 Å². The molecule has 3 aromatic rings. The zero-order valence-electron chi connectivity index (χ0n) is 21.2.